The Kier molecular flexibility index (Phi) is 7.16. The number of carbonyl (C=O) groups excluding carboxylic acids is 3. The first kappa shape index (κ1) is 24.0. The van der Waals surface area contributed by atoms with Gasteiger partial charge in [-0.1, -0.05) is 0 Å². The van der Waals surface area contributed by atoms with Crippen LogP contribution in [0.15, 0.2) is 36.5 Å². The highest BCUT2D eigenvalue weighted by Gasteiger charge is 2.31. The summed E-state index contributed by atoms with van der Waals surface area (Å²) in [6.45, 7) is 2.19. The van der Waals surface area contributed by atoms with Crippen molar-refractivity contribution in [2.24, 2.45) is 11.5 Å². The van der Waals surface area contributed by atoms with Crippen molar-refractivity contribution in [3.05, 3.63) is 53.2 Å². The number of halogens is 3. The summed E-state index contributed by atoms with van der Waals surface area (Å²) in [6, 6.07) is 6.30. The van der Waals surface area contributed by atoms with Gasteiger partial charge in [0, 0.05) is 49.2 Å². The molecule has 5 N–H and O–H groups in total. The number of hydrogen-bond acceptors (Lipinski definition) is 6. The molecule has 1 aliphatic rings. The smallest absolute Gasteiger partial charge is 0.366 e. The third kappa shape index (κ3) is 6.42. The van der Waals surface area contributed by atoms with Gasteiger partial charge in [0.05, 0.1) is 12.1 Å². The molecular formula is C21H23F3N6O3. The predicted octanol–water partition coefficient (Wildman–Crippen LogP) is 1.45. The lowest BCUT2D eigenvalue weighted by Crippen LogP contribution is -2.36. The van der Waals surface area contributed by atoms with Crippen LogP contribution in [0.5, 0.6) is 0 Å². The maximum absolute atomic E-state index is 12.7. The van der Waals surface area contributed by atoms with Gasteiger partial charge in [-0.2, -0.15) is 13.2 Å². The molecule has 3 rings (SSSR count). The van der Waals surface area contributed by atoms with Crippen molar-refractivity contribution >= 4 is 29.2 Å². The van der Waals surface area contributed by atoms with E-state index in [1.165, 1.54) is 24.3 Å². The fourth-order valence-electron chi connectivity index (χ4n) is 3.49. The molecule has 12 heteroatoms. The van der Waals surface area contributed by atoms with Crippen LogP contribution in [-0.4, -0.2) is 60.3 Å². The van der Waals surface area contributed by atoms with Crippen molar-refractivity contribution < 1.29 is 27.6 Å². The van der Waals surface area contributed by atoms with Gasteiger partial charge in [-0.15, -0.1) is 0 Å². The number of nitrogens with zero attached hydrogens (tertiary/aromatic N) is 3. The number of alkyl halides is 3. The molecule has 0 radical (unpaired) electrons. The minimum Gasteiger partial charge on any atom is -0.366 e. The van der Waals surface area contributed by atoms with E-state index < -0.39 is 23.6 Å². The van der Waals surface area contributed by atoms with Gasteiger partial charge >= 0.3 is 6.18 Å². The van der Waals surface area contributed by atoms with Gasteiger partial charge in [0.25, 0.3) is 0 Å². The highest BCUT2D eigenvalue weighted by Crippen LogP contribution is 2.29. The Hall–Kier alpha value is -3.67. The van der Waals surface area contributed by atoms with Crippen LogP contribution in [0.4, 0.5) is 24.7 Å². The Labute approximate surface area is 187 Å². The van der Waals surface area contributed by atoms with Gasteiger partial charge < -0.3 is 21.7 Å². The Morgan fingerprint density at radius 2 is 1.64 bits per heavy atom. The van der Waals surface area contributed by atoms with Crippen molar-refractivity contribution in [2.75, 3.05) is 42.9 Å². The third-order valence-corrected chi connectivity index (χ3v) is 5.14. The second-order valence-electron chi connectivity index (χ2n) is 7.60. The van der Waals surface area contributed by atoms with Crippen LogP contribution < -0.4 is 21.7 Å². The molecule has 0 aliphatic carbocycles. The zero-order chi connectivity index (χ0) is 24.2. The lowest BCUT2D eigenvalue weighted by atomic mass is 10.1. The van der Waals surface area contributed by atoms with Gasteiger partial charge in [0.2, 0.25) is 17.7 Å². The molecule has 176 valence electrons. The molecule has 1 aromatic heterocycles. The molecule has 9 nitrogen and oxygen atoms in total. The lowest BCUT2D eigenvalue weighted by molar-refractivity contribution is -0.137. The van der Waals surface area contributed by atoms with Crippen molar-refractivity contribution in [2.45, 2.75) is 12.6 Å². The standard InChI is InChI=1S/C21H23F3N6O3/c22-21(23,24)15-2-3-17(27-11-15)30-5-1-4-29(6-7-30)12-18(31)28-16-9-13(19(25)32)8-14(10-16)20(26)33/h2-3,8-11H,1,4-7,12H2,(H2,25,32)(H2,26,33)(H,28,31). The fourth-order valence-corrected chi connectivity index (χ4v) is 3.49. The summed E-state index contributed by atoms with van der Waals surface area (Å²) in [5, 5.41) is 2.63. The van der Waals surface area contributed by atoms with Crippen LogP contribution in [-0.2, 0) is 11.0 Å². The molecule has 1 saturated heterocycles. The first-order valence-corrected chi connectivity index (χ1v) is 10.1. The molecule has 0 atom stereocenters. The number of pyridine rings is 1. The van der Waals surface area contributed by atoms with Crippen molar-refractivity contribution in [3.63, 3.8) is 0 Å². The second kappa shape index (κ2) is 9.86. The number of aromatic nitrogens is 1. The van der Waals surface area contributed by atoms with Gasteiger partial charge in [-0.05, 0) is 36.8 Å². The Morgan fingerprint density at radius 3 is 2.18 bits per heavy atom. The molecule has 2 heterocycles. The zero-order valence-electron chi connectivity index (χ0n) is 17.6. The van der Waals surface area contributed by atoms with E-state index in [-0.39, 0.29) is 29.3 Å². The Balaban J connectivity index is 1.60. The average molecular weight is 464 g/mol. The van der Waals surface area contributed by atoms with Gasteiger partial charge in [0.15, 0.2) is 0 Å². The summed E-state index contributed by atoms with van der Waals surface area (Å²) in [7, 11) is 0. The molecule has 0 saturated carbocycles. The summed E-state index contributed by atoms with van der Waals surface area (Å²) in [5.41, 5.74) is 10.0. The minimum atomic E-state index is -4.44. The second-order valence-corrected chi connectivity index (χ2v) is 7.60. The SMILES string of the molecule is NC(=O)c1cc(NC(=O)CN2CCCN(c3ccc(C(F)(F)F)cn3)CC2)cc(C(N)=O)c1. The number of carbonyl (C=O) groups is 3. The van der Waals surface area contributed by atoms with Crippen molar-refractivity contribution in [3.8, 4) is 0 Å². The van der Waals surface area contributed by atoms with Crippen LogP contribution in [0.25, 0.3) is 0 Å². The molecular weight excluding hydrogens is 441 g/mol. The molecule has 0 bridgehead atoms. The summed E-state index contributed by atoms with van der Waals surface area (Å²) >= 11 is 0. The van der Waals surface area contributed by atoms with Crippen molar-refractivity contribution in [1.82, 2.24) is 9.88 Å². The summed E-state index contributed by atoms with van der Waals surface area (Å²) in [6.07, 6.45) is -2.95. The predicted molar refractivity (Wildman–Crippen MR) is 115 cm³/mol. The number of nitrogens with two attached hydrogens (primary N) is 2. The van der Waals surface area contributed by atoms with E-state index in [4.69, 9.17) is 11.5 Å². The monoisotopic (exact) mass is 464 g/mol. The Morgan fingerprint density at radius 1 is 0.970 bits per heavy atom. The van der Waals surface area contributed by atoms with Crippen LogP contribution in [0, 0.1) is 0 Å². The first-order chi connectivity index (χ1) is 15.5. The number of amides is 3. The van der Waals surface area contributed by atoms with Crippen LogP contribution in [0.1, 0.15) is 32.7 Å². The van der Waals surface area contributed by atoms with Gasteiger partial charge in [-0.3, -0.25) is 19.3 Å². The molecule has 1 aromatic carbocycles. The normalized spacial score (nSPS) is 15.1. The maximum atomic E-state index is 12.7. The molecule has 33 heavy (non-hydrogen) atoms. The lowest BCUT2D eigenvalue weighted by Gasteiger charge is -2.23. The summed E-state index contributed by atoms with van der Waals surface area (Å²) in [4.78, 5) is 43.2. The van der Waals surface area contributed by atoms with E-state index in [1.54, 1.807) is 0 Å². The zero-order valence-corrected chi connectivity index (χ0v) is 17.6. The molecule has 0 spiro atoms. The van der Waals surface area contributed by atoms with E-state index in [1.807, 2.05) is 9.80 Å². The molecule has 2 aromatic rings. The molecule has 0 unspecified atom stereocenters. The topological polar surface area (TPSA) is 135 Å². The van der Waals surface area contributed by atoms with Crippen LogP contribution >= 0.6 is 0 Å². The minimum absolute atomic E-state index is 0.0380. The van der Waals surface area contributed by atoms with E-state index in [9.17, 15) is 27.6 Å². The van der Waals surface area contributed by atoms with Crippen molar-refractivity contribution in [1.29, 1.82) is 0 Å². The number of primary amides is 2. The van der Waals surface area contributed by atoms with E-state index in [2.05, 4.69) is 10.3 Å². The number of anilines is 2. The van der Waals surface area contributed by atoms with E-state index >= 15 is 0 Å². The number of hydrogen-bond donors (Lipinski definition) is 3. The quantitative estimate of drug-likeness (QED) is 0.592. The Bertz CT molecular complexity index is 1010. The van der Waals surface area contributed by atoms with E-state index in [0.29, 0.717) is 38.4 Å². The molecule has 1 aliphatic heterocycles. The van der Waals surface area contributed by atoms with Crippen LogP contribution in [0.3, 0.4) is 0 Å². The number of rotatable bonds is 6. The van der Waals surface area contributed by atoms with Gasteiger partial charge in [0.1, 0.15) is 5.82 Å². The maximum Gasteiger partial charge on any atom is 0.417 e. The van der Waals surface area contributed by atoms with Gasteiger partial charge in [-0.25, -0.2) is 4.98 Å². The third-order valence-electron chi connectivity index (χ3n) is 5.14. The van der Waals surface area contributed by atoms with Crippen LogP contribution in [0.2, 0.25) is 0 Å². The van der Waals surface area contributed by atoms with E-state index in [0.717, 1.165) is 12.3 Å². The number of benzene rings is 1. The number of nitrogens with one attached hydrogen (secondary N) is 1. The summed E-state index contributed by atoms with van der Waals surface area (Å²) in [5.74, 6) is -1.46. The first-order valence-electron chi connectivity index (χ1n) is 10.1. The molecule has 1 fully saturated rings. The fraction of sp³-hybridized carbons (Fsp3) is 0.333. The largest absolute Gasteiger partial charge is 0.417 e. The highest BCUT2D eigenvalue weighted by molar-refractivity contribution is 6.01. The average Bonchev–Trinajstić information content (AvgIpc) is 2.98. The highest BCUT2D eigenvalue weighted by atomic mass is 19.4. The summed E-state index contributed by atoms with van der Waals surface area (Å²) < 4.78 is 38.2. The molecule has 3 amide bonds.